The smallest absolute Gasteiger partial charge is 0.317 e. The van der Waals surface area contributed by atoms with Crippen LogP contribution in [-0.2, 0) is 0 Å². The average molecular weight is 1290 g/mol. The van der Waals surface area contributed by atoms with E-state index in [1.807, 2.05) is 18.2 Å². The van der Waals surface area contributed by atoms with Crippen molar-refractivity contribution in [3.63, 3.8) is 0 Å². The van der Waals surface area contributed by atoms with Crippen molar-refractivity contribution < 1.29 is 31.7 Å². The molecule has 1 saturated heterocycles. The Morgan fingerprint density at radius 1 is 0.617 bits per heavy atom. The number of piperidine rings is 1. The third kappa shape index (κ3) is 14.2. The van der Waals surface area contributed by atoms with Crippen molar-refractivity contribution in [3.8, 4) is 39.5 Å². The van der Waals surface area contributed by atoms with Gasteiger partial charge in [0.1, 0.15) is 52.9 Å². The standard InChI is InChI=1S/C26H27F2N7.C21H11ClFN5O2.C20H14F2N6O/c1-2-35-10-7-17(8-11-35)15-30-24-14-25(32-16-31-24)33-22-13-23(20-12-18(27)5-6-21(20)28)34-26-19(22)4-3-9-29-26;22-12-3-4-16(23)14(8-12)17-9-19(13-2-1-6-25-21(13)26-17)27-11-20(28(29)30)15-10-24-7-5-18(15)27;21-11-3-4-15(22)14(8-11)17-10-16(13-2-1-6-25-19(13)27-17)26-12-5-7-24-18(9-12)28-20(23)29/h3-6,9,12-14,16-17H,2,7-8,10-11,15H2,1H3,(H2,29,30,31,32,33,34);1-11H;1-10H,(H4,23,24,25,26,27,28,29). The number of benzene rings is 3. The van der Waals surface area contributed by atoms with Crippen LogP contribution in [0.1, 0.15) is 19.8 Å². The van der Waals surface area contributed by atoms with Gasteiger partial charge in [0.25, 0.3) is 5.69 Å². The quantitative estimate of drug-likeness (QED) is 0.0384. The Hall–Kier alpha value is -11.8. The Balaban J connectivity index is 0.000000136. The first kappa shape index (κ1) is 62.4. The first-order valence-corrected chi connectivity index (χ1v) is 29.6. The summed E-state index contributed by atoms with van der Waals surface area (Å²) < 4.78 is 72.4. The van der Waals surface area contributed by atoms with Crippen LogP contribution in [0.5, 0.6) is 0 Å². The van der Waals surface area contributed by atoms with E-state index in [9.17, 15) is 36.9 Å². The molecular formula is C67H52ClF5N18O3. The Morgan fingerprint density at radius 2 is 1.19 bits per heavy atom. The summed E-state index contributed by atoms with van der Waals surface area (Å²) in [4.78, 5) is 67.5. The lowest BCUT2D eigenvalue weighted by Gasteiger charge is -2.31. The molecule has 0 spiro atoms. The van der Waals surface area contributed by atoms with Gasteiger partial charge in [-0.15, -0.1) is 0 Å². The number of carbonyl (C=O) groups excluding carboxylic acids is 1. The second-order valence-electron chi connectivity index (χ2n) is 21.4. The second-order valence-corrected chi connectivity index (χ2v) is 21.8. The number of carbonyl (C=O) groups is 1. The number of anilines is 6. The normalized spacial score (nSPS) is 12.4. The number of nitrogens with two attached hydrogens (primary N) is 1. The van der Waals surface area contributed by atoms with E-state index in [0.29, 0.717) is 83.8 Å². The van der Waals surface area contributed by atoms with Gasteiger partial charge in [0.15, 0.2) is 16.9 Å². The number of hydrogen-bond acceptors (Lipinski definition) is 17. The number of primary amides is 1. The second kappa shape index (κ2) is 27.8. The van der Waals surface area contributed by atoms with Crippen LogP contribution in [0.15, 0.2) is 183 Å². The molecule has 1 aliphatic heterocycles. The number of nitrogens with one attached hydrogen (secondary N) is 4. The van der Waals surface area contributed by atoms with E-state index in [1.54, 1.807) is 90.0 Å². The molecule has 10 aromatic heterocycles. The number of hydrogen-bond donors (Lipinski definition) is 5. The van der Waals surface area contributed by atoms with E-state index in [2.05, 4.69) is 82.9 Å². The van der Waals surface area contributed by atoms with Crippen LogP contribution < -0.4 is 27.0 Å². The third-order valence-corrected chi connectivity index (χ3v) is 15.6. The molecular weight excluding hydrogens is 1240 g/mol. The van der Waals surface area contributed by atoms with Gasteiger partial charge in [0.2, 0.25) is 0 Å². The topological polar surface area (TPSA) is 271 Å². The lowest BCUT2D eigenvalue weighted by molar-refractivity contribution is -0.383. The maximum atomic E-state index is 14.5. The molecule has 27 heteroatoms. The molecule has 21 nitrogen and oxygen atoms in total. The predicted molar refractivity (Wildman–Crippen MR) is 350 cm³/mol. The molecule has 1 fully saturated rings. The fraction of sp³-hybridized carbons (Fsp3) is 0.119. The Labute approximate surface area is 536 Å². The van der Waals surface area contributed by atoms with Gasteiger partial charge < -0.3 is 31.2 Å². The van der Waals surface area contributed by atoms with Crippen LogP contribution in [0.2, 0.25) is 5.02 Å². The van der Waals surface area contributed by atoms with E-state index in [0.717, 1.165) is 73.8 Å². The van der Waals surface area contributed by atoms with E-state index in [-0.39, 0.29) is 39.6 Å². The van der Waals surface area contributed by atoms with Crippen molar-refractivity contribution in [2.75, 3.05) is 47.4 Å². The Kier molecular flexibility index (Phi) is 18.4. The molecule has 0 atom stereocenters. The highest BCUT2D eigenvalue weighted by atomic mass is 35.5. The van der Waals surface area contributed by atoms with Gasteiger partial charge in [-0.05, 0) is 160 Å². The number of urea groups is 1. The summed E-state index contributed by atoms with van der Waals surface area (Å²) in [6.45, 7) is 6.44. The molecule has 2 amide bonds. The first-order chi connectivity index (χ1) is 45.6. The van der Waals surface area contributed by atoms with Crippen molar-refractivity contribution in [2.45, 2.75) is 19.8 Å². The van der Waals surface area contributed by atoms with Gasteiger partial charge in [-0.2, -0.15) is 0 Å². The lowest BCUT2D eigenvalue weighted by atomic mass is 9.97. The number of aromatic nitrogens is 11. The molecule has 13 aromatic rings. The van der Waals surface area contributed by atoms with Crippen LogP contribution in [-0.4, -0.2) is 96.4 Å². The third-order valence-electron chi connectivity index (χ3n) is 15.3. The van der Waals surface area contributed by atoms with Gasteiger partial charge in [-0.1, -0.05) is 18.5 Å². The minimum absolute atomic E-state index is 0.0198. The number of nitrogens with zero attached hydrogens (tertiary/aromatic N) is 13. The van der Waals surface area contributed by atoms with Crippen LogP contribution in [0.4, 0.5) is 66.9 Å². The summed E-state index contributed by atoms with van der Waals surface area (Å²) in [6, 6.07) is 32.4. The van der Waals surface area contributed by atoms with E-state index < -0.39 is 40.0 Å². The van der Waals surface area contributed by atoms with Crippen LogP contribution in [0.25, 0.3) is 83.5 Å². The van der Waals surface area contributed by atoms with Crippen molar-refractivity contribution in [3.05, 3.63) is 227 Å². The van der Waals surface area contributed by atoms with Crippen molar-refractivity contribution in [2.24, 2.45) is 11.7 Å². The van der Waals surface area contributed by atoms with Crippen molar-refractivity contribution >= 4 is 102 Å². The Bertz CT molecular complexity index is 5000. The maximum absolute atomic E-state index is 14.5. The number of halogens is 6. The average Bonchev–Trinajstić information content (AvgIpc) is 1.51. The molecule has 0 unspecified atom stereocenters. The van der Waals surface area contributed by atoms with E-state index in [1.165, 1.54) is 56.0 Å². The molecule has 11 heterocycles. The number of likely N-dealkylation sites (tertiary alicyclic amines) is 1. The van der Waals surface area contributed by atoms with Gasteiger partial charge >= 0.3 is 6.03 Å². The summed E-state index contributed by atoms with van der Waals surface area (Å²) in [5.41, 5.74) is 10.3. The monoisotopic (exact) mass is 1290 g/mol. The molecule has 470 valence electrons. The highest BCUT2D eigenvalue weighted by molar-refractivity contribution is 6.30. The molecule has 6 N–H and O–H groups in total. The van der Waals surface area contributed by atoms with Gasteiger partial charge in [0.05, 0.1) is 56.2 Å². The molecule has 0 saturated carbocycles. The molecule has 3 aromatic carbocycles. The fourth-order valence-electron chi connectivity index (χ4n) is 10.7. The van der Waals surface area contributed by atoms with E-state index in [4.69, 9.17) is 17.3 Å². The molecule has 0 bridgehead atoms. The van der Waals surface area contributed by atoms with Gasteiger partial charge in [-0.25, -0.2) is 71.6 Å². The number of nitro groups is 1. The molecule has 1 aliphatic rings. The highest BCUT2D eigenvalue weighted by Gasteiger charge is 2.23. The summed E-state index contributed by atoms with van der Waals surface area (Å²) >= 11 is 6.06. The lowest BCUT2D eigenvalue weighted by Crippen LogP contribution is -2.35. The van der Waals surface area contributed by atoms with Crippen molar-refractivity contribution in [1.82, 2.24) is 59.3 Å². The number of amides is 2. The van der Waals surface area contributed by atoms with Gasteiger partial charge in [-0.3, -0.25) is 20.4 Å². The van der Waals surface area contributed by atoms with Crippen LogP contribution >= 0.6 is 11.6 Å². The highest BCUT2D eigenvalue weighted by Crippen LogP contribution is 2.37. The minimum atomic E-state index is -0.739. The molecule has 0 aliphatic carbocycles. The summed E-state index contributed by atoms with van der Waals surface area (Å²) in [7, 11) is 0. The summed E-state index contributed by atoms with van der Waals surface area (Å²) in [5, 5.41) is 26.7. The molecule has 94 heavy (non-hydrogen) atoms. The largest absolute Gasteiger partial charge is 0.370 e. The number of pyridine rings is 8. The van der Waals surface area contributed by atoms with Crippen molar-refractivity contribution in [1.29, 1.82) is 0 Å². The number of fused-ring (bicyclic) bond motifs is 4. The van der Waals surface area contributed by atoms with Gasteiger partial charge in [0, 0.05) is 99.4 Å². The summed E-state index contributed by atoms with van der Waals surface area (Å²) in [5.74, 6) is -0.575. The van der Waals surface area contributed by atoms with E-state index >= 15 is 0 Å². The Morgan fingerprint density at radius 3 is 1.81 bits per heavy atom. The fourth-order valence-corrected chi connectivity index (χ4v) is 10.9. The zero-order chi connectivity index (χ0) is 65.4. The van der Waals surface area contributed by atoms with Crippen LogP contribution in [0.3, 0.4) is 0 Å². The first-order valence-electron chi connectivity index (χ1n) is 29.2. The predicted octanol–water partition coefficient (Wildman–Crippen LogP) is 14.8. The maximum Gasteiger partial charge on any atom is 0.317 e. The van der Waals surface area contributed by atoms with Crippen LogP contribution in [0, 0.1) is 45.1 Å². The zero-order valence-electron chi connectivity index (χ0n) is 49.5. The SMILES string of the molecule is CCN1CCC(CNc2cc(Nc3cc(-c4cc(F)ccc4F)nc4ncccc34)ncn2)CC1.NC(=O)Nc1cc(Nc2cc(-c3cc(F)ccc3F)nc3ncccc23)ccn1.O=[N+]([O-])c1cn(-c2cc(-c3cc(Cl)ccc3F)nc3ncccc23)c2ccncc12. The zero-order valence-corrected chi connectivity index (χ0v) is 50.3. The molecule has 14 rings (SSSR count). The number of rotatable bonds is 14. The molecule has 0 radical (unpaired) electrons. The summed E-state index contributed by atoms with van der Waals surface area (Å²) in [6.07, 6.45) is 14.5. The minimum Gasteiger partial charge on any atom is -0.370 e.